The van der Waals surface area contributed by atoms with Crippen molar-refractivity contribution in [2.75, 3.05) is 0 Å². The summed E-state index contributed by atoms with van der Waals surface area (Å²) in [5, 5.41) is 9.00. The molecule has 0 aliphatic heterocycles. The Morgan fingerprint density at radius 1 is 0.962 bits per heavy atom. The average molecular weight is 418 g/mol. The van der Waals surface area contributed by atoms with Crippen LogP contribution in [0.2, 0.25) is 0 Å². The minimum atomic E-state index is -0.0757. The fourth-order valence-corrected chi connectivity index (χ4v) is 6.03. The van der Waals surface area contributed by atoms with E-state index in [1.165, 1.54) is 11.3 Å². The lowest BCUT2D eigenvalue weighted by Gasteiger charge is -2.02. The lowest BCUT2D eigenvalue weighted by molar-refractivity contribution is 0.0954. The molecule has 4 nitrogen and oxygen atoms in total. The highest BCUT2D eigenvalue weighted by Gasteiger charge is 2.18. The topological polar surface area (TPSA) is 54.9 Å². The van der Waals surface area contributed by atoms with Gasteiger partial charge in [0, 0.05) is 4.88 Å². The molecule has 1 N–H and O–H groups in total. The van der Waals surface area contributed by atoms with Gasteiger partial charge in [0.25, 0.3) is 5.91 Å². The number of nitrogens with zero attached hydrogens (tertiary/aromatic N) is 2. The number of hydrogen-bond donors (Lipinski definition) is 1. The number of rotatable bonds is 5. The Kier molecular flexibility index (Phi) is 4.99. The molecule has 0 saturated heterocycles. The second kappa shape index (κ2) is 7.40. The molecule has 0 spiro atoms. The largest absolute Gasteiger partial charge is 0.346 e. The summed E-state index contributed by atoms with van der Waals surface area (Å²) >= 11 is 6.39. The summed E-state index contributed by atoms with van der Waals surface area (Å²) in [7, 11) is 0. The van der Waals surface area contributed by atoms with Crippen LogP contribution in [0.3, 0.4) is 0 Å². The molecule has 0 aromatic carbocycles. The summed E-state index contributed by atoms with van der Waals surface area (Å²) in [6.07, 6.45) is 0. The van der Waals surface area contributed by atoms with E-state index in [-0.39, 0.29) is 5.91 Å². The highest BCUT2D eigenvalue weighted by Crippen LogP contribution is 2.32. The first-order valence-electron chi connectivity index (χ1n) is 7.91. The number of thiazole rings is 2. The van der Waals surface area contributed by atoms with Gasteiger partial charge < -0.3 is 5.32 Å². The molecule has 0 radical (unpaired) electrons. The van der Waals surface area contributed by atoms with Crippen molar-refractivity contribution in [1.82, 2.24) is 15.3 Å². The Bertz CT molecular complexity index is 1030. The molecule has 0 fully saturated rings. The number of thiophene rings is 2. The van der Waals surface area contributed by atoms with E-state index >= 15 is 0 Å². The van der Waals surface area contributed by atoms with Crippen LogP contribution in [0, 0.1) is 13.8 Å². The average Bonchev–Trinajstić information content (AvgIpc) is 3.39. The van der Waals surface area contributed by atoms with Crippen molar-refractivity contribution < 1.29 is 4.79 Å². The fourth-order valence-electron chi connectivity index (χ4n) is 2.45. The quantitative estimate of drug-likeness (QED) is 0.460. The summed E-state index contributed by atoms with van der Waals surface area (Å²) in [5.41, 5.74) is 1.75. The smallest absolute Gasteiger partial charge is 0.263 e. The fraction of sp³-hybridized carbons (Fsp3) is 0.167. The van der Waals surface area contributed by atoms with Gasteiger partial charge in [0.1, 0.15) is 14.9 Å². The van der Waals surface area contributed by atoms with Crippen LogP contribution in [0.4, 0.5) is 0 Å². The van der Waals surface area contributed by atoms with E-state index < -0.39 is 0 Å². The molecule has 0 aliphatic rings. The maximum absolute atomic E-state index is 12.6. The van der Waals surface area contributed by atoms with Gasteiger partial charge in [-0.1, -0.05) is 12.1 Å². The van der Waals surface area contributed by atoms with Crippen molar-refractivity contribution in [3.8, 4) is 19.8 Å². The van der Waals surface area contributed by atoms with E-state index in [0.29, 0.717) is 11.4 Å². The van der Waals surface area contributed by atoms with Crippen molar-refractivity contribution in [2.45, 2.75) is 20.4 Å². The standard InChI is InChI=1S/C18H15N3OS4/c1-10-14(25-17(20-10)12-5-3-7-23-12)9-19-16(22)15-11(2)21-18(26-15)13-6-4-8-24-13/h3-8H,9H2,1-2H3,(H,19,22). The second-order valence-electron chi connectivity index (χ2n) is 5.60. The third-order valence-electron chi connectivity index (χ3n) is 3.77. The van der Waals surface area contributed by atoms with Crippen LogP contribution in [0.15, 0.2) is 35.0 Å². The van der Waals surface area contributed by atoms with Crippen molar-refractivity contribution in [1.29, 1.82) is 0 Å². The summed E-state index contributed by atoms with van der Waals surface area (Å²) in [6, 6.07) is 8.11. The summed E-state index contributed by atoms with van der Waals surface area (Å²) < 4.78 is 0. The van der Waals surface area contributed by atoms with Gasteiger partial charge in [-0.3, -0.25) is 4.79 Å². The number of aromatic nitrogens is 2. The van der Waals surface area contributed by atoms with Gasteiger partial charge in [-0.25, -0.2) is 9.97 Å². The lowest BCUT2D eigenvalue weighted by Crippen LogP contribution is -2.22. The Morgan fingerprint density at radius 2 is 1.58 bits per heavy atom. The highest BCUT2D eigenvalue weighted by atomic mass is 32.1. The Balaban J connectivity index is 1.48. The van der Waals surface area contributed by atoms with Gasteiger partial charge in [-0.05, 0) is 36.7 Å². The van der Waals surface area contributed by atoms with E-state index in [0.717, 1.165) is 36.0 Å². The molecule has 0 unspecified atom stereocenters. The first-order valence-corrected chi connectivity index (χ1v) is 11.3. The van der Waals surface area contributed by atoms with Crippen molar-refractivity contribution in [2.24, 2.45) is 0 Å². The number of aryl methyl sites for hydroxylation is 2. The van der Waals surface area contributed by atoms with Crippen molar-refractivity contribution >= 4 is 51.3 Å². The van der Waals surface area contributed by atoms with Crippen LogP contribution < -0.4 is 5.32 Å². The van der Waals surface area contributed by atoms with Gasteiger partial charge in [-0.15, -0.1) is 45.3 Å². The number of amides is 1. The monoisotopic (exact) mass is 417 g/mol. The molecular weight excluding hydrogens is 402 g/mol. The first kappa shape index (κ1) is 17.5. The van der Waals surface area contributed by atoms with Gasteiger partial charge in [0.15, 0.2) is 0 Å². The molecule has 0 atom stereocenters. The maximum atomic E-state index is 12.6. The van der Waals surface area contributed by atoms with E-state index in [1.807, 2.05) is 42.8 Å². The Morgan fingerprint density at radius 3 is 2.19 bits per heavy atom. The van der Waals surface area contributed by atoms with Gasteiger partial charge in [0.05, 0.1) is 27.7 Å². The van der Waals surface area contributed by atoms with Crippen LogP contribution in [0.5, 0.6) is 0 Å². The van der Waals surface area contributed by atoms with E-state index in [1.54, 1.807) is 34.0 Å². The molecular formula is C18H15N3OS4. The van der Waals surface area contributed by atoms with Crippen molar-refractivity contribution in [3.05, 3.63) is 56.2 Å². The van der Waals surface area contributed by atoms with E-state index in [4.69, 9.17) is 0 Å². The van der Waals surface area contributed by atoms with Gasteiger partial charge in [-0.2, -0.15) is 0 Å². The van der Waals surface area contributed by atoms with Crippen LogP contribution in [-0.2, 0) is 6.54 Å². The van der Waals surface area contributed by atoms with E-state index in [9.17, 15) is 4.79 Å². The third kappa shape index (κ3) is 3.50. The van der Waals surface area contributed by atoms with E-state index in [2.05, 4.69) is 21.4 Å². The molecule has 1 amide bonds. The molecule has 0 bridgehead atoms. The highest BCUT2D eigenvalue weighted by molar-refractivity contribution is 7.22. The molecule has 4 aromatic rings. The van der Waals surface area contributed by atoms with Crippen molar-refractivity contribution in [3.63, 3.8) is 0 Å². The lowest BCUT2D eigenvalue weighted by atomic mass is 10.3. The van der Waals surface area contributed by atoms with Crippen LogP contribution in [-0.4, -0.2) is 15.9 Å². The Hall–Kier alpha value is -1.87. The molecule has 4 aromatic heterocycles. The SMILES string of the molecule is Cc1nc(-c2cccs2)sc1CNC(=O)c1sc(-c2cccs2)nc1C. The number of carbonyl (C=O) groups is 1. The van der Waals surface area contributed by atoms with Gasteiger partial charge in [0.2, 0.25) is 0 Å². The second-order valence-corrected chi connectivity index (χ2v) is 9.58. The number of carbonyl (C=O) groups excluding carboxylic acids is 1. The molecule has 0 saturated carbocycles. The Labute approximate surface area is 167 Å². The zero-order valence-electron chi connectivity index (χ0n) is 14.1. The number of nitrogens with one attached hydrogen (secondary N) is 1. The molecule has 26 heavy (non-hydrogen) atoms. The maximum Gasteiger partial charge on any atom is 0.263 e. The normalized spacial score (nSPS) is 11.0. The molecule has 4 rings (SSSR count). The molecule has 8 heteroatoms. The number of hydrogen-bond acceptors (Lipinski definition) is 7. The minimum Gasteiger partial charge on any atom is -0.346 e. The summed E-state index contributed by atoms with van der Waals surface area (Å²) in [6.45, 7) is 4.36. The summed E-state index contributed by atoms with van der Waals surface area (Å²) in [5.74, 6) is -0.0757. The molecule has 132 valence electrons. The molecule has 4 heterocycles. The predicted molar refractivity (Wildman–Crippen MR) is 111 cm³/mol. The van der Waals surface area contributed by atoms with Gasteiger partial charge >= 0.3 is 0 Å². The minimum absolute atomic E-state index is 0.0757. The zero-order chi connectivity index (χ0) is 18.1. The summed E-state index contributed by atoms with van der Waals surface area (Å²) in [4.78, 5) is 25.8. The van der Waals surface area contributed by atoms with Crippen LogP contribution in [0.1, 0.15) is 25.9 Å². The van der Waals surface area contributed by atoms with Crippen LogP contribution in [0.25, 0.3) is 19.8 Å². The van der Waals surface area contributed by atoms with Crippen LogP contribution >= 0.6 is 45.3 Å². The molecule has 0 aliphatic carbocycles. The zero-order valence-corrected chi connectivity index (χ0v) is 17.4. The predicted octanol–water partition coefficient (Wildman–Crippen LogP) is 5.60. The first-order chi connectivity index (χ1) is 12.6. The third-order valence-corrected chi connectivity index (χ3v) is 8.16.